The van der Waals surface area contributed by atoms with Crippen molar-refractivity contribution in [3.8, 4) is 0 Å². The van der Waals surface area contributed by atoms with Crippen LogP contribution in [0.3, 0.4) is 0 Å². The van der Waals surface area contributed by atoms with Gasteiger partial charge in [0.2, 0.25) is 0 Å². The van der Waals surface area contributed by atoms with Crippen LogP contribution in [0.15, 0.2) is 36.8 Å². The van der Waals surface area contributed by atoms with Crippen LogP contribution in [0, 0.1) is 5.41 Å². The van der Waals surface area contributed by atoms with Crippen LogP contribution in [0.1, 0.15) is 43.2 Å². The Balaban J connectivity index is 1.79. The Morgan fingerprint density at radius 2 is 2.25 bits per heavy atom. The summed E-state index contributed by atoms with van der Waals surface area (Å²) >= 11 is 0. The maximum absolute atomic E-state index is 10.3. The number of aryl methyl sites for hydroxylation is 2. The maximum atomic E-state index is 10.3. The van der Waals surface area contributed by atoms with E-state index in [9.17, 15) is 5.11 Å². The predicted octanol–water partition coefficient (Wildman–Crippen LogP) is 3.13. The van der Waals surface area contributed by atoms with E-state index < -0.39 is 0 Å². The molecule has 3 nitrogen and oxygen atoms in total. The highest BCUT2D eigenvalue weighted by molar-refractivity contribution is 5.29. The molecule has 1 unspecified atom stereocenters. The van der Waals surface area contributed by atoms with E-state index >= 15 is 0 Å². The molecule has 106 valence electrons. The number of aliphatic hydroxyl groups excluding tert-OH is 1. The summed E-state index contributed by atoms with van der Waals surface area (Å²) in [5.41, 5.74) is 3.86. The van der Waals surface area contributed by atoms with Crippen molar-refractivity contribution in [2.24, 2.45) is 5.41 Å². The first-order chi connectivity index (χ1) is 9.55. The van der Waals surface area contributed by atoms with Gasteiger partial charge < -0.3 is 9.67 Å². The number of pyridine rings is 1. The van der Waals surface area contributed by atoms with Gasteiger partial charge in [0.1, 0.15) is 0 Å². The molecule has 0 fully saturated rings. The van der Waals surface area contributed by atoms with E-state index in [-0.39, 0.29) is 11.5 Å². The molecule has 2 aromatic heterocycles. The Hall–Kier alpha value is -1.61. The van der Waals surface area contributed by atoms with E-state index in [4.69, 9.17) is 0 Å². The Kier molecular flexibility index (Phi) is 3.38. The van der Waals surface area contributed by atoms with Gasteiger partial charge >= 0.3 is 0 Å². The summed E-state index contributed by atoms with van der Waals surface area (Å²) in [4.78, 5) is 4.16. The first kappa shape index (κ1) is 13.4. The van der Waals surface area contributed by atoms with Crippen molar-refractivity contribution in [3.05, 3.63) is 53.6 Å². The molecule has 0 amide bonds. The topological polar surface area (TPSA) is 38.0 Å². The zero-order valence-electron chi connectivity index (χ0n) is 12.2. The molecular formula is C17H22N2O. The Morgan fingerprint density at radius 3 is 3.00 bits per heavy atom. The van der Waals surface area contributed by atoms with Gasteiger partial charge in [0.15, 0.2) is 0 Å². The molecule has 2 heterocycles. The van der Waals surface area contributed by atoms with Crippen molar-refractivity contribution < 1.29 is 5.11 Å². The van der Waals surface area contributed by atoms with Crippen LogP contribution in [0.5, 0.6) is 0 Å². The van der Waals surface area contributed by atoms with Gasteiger partial charge in [0.05, 0.1) is 6.10 Å². The highest BCUT2D eigenvalue weighted by Crippen LogP contribution is 2.41. The minimum Gasteiger partial charge on any atom is -0.388 e. The van der Waals surface area contributed by atoms with E-state index in [0.717, 1.165) is 31.4 Å². The fourth-order valence-electron chi connectivity index (χ4n) is 3.19. The van der Waals surface area contributed by atoms with E-state index in [1.165, 1.54) is 11.3 Å². The van der Waals surface area contributed by atoms with Crippen LogP contribution in [0.25, 0.3) is 0 Å². The highest BCUT2D eigenvalue weighted by atomic mass is 16.3. The second-order valence-corrected chi connectivity index (χ2v) is 6.58. The molecule has 0 aromatic carbocycles. The zero-order chi connectivity index (χ0) is 14.2. The van der Waals surface area contributed by atoms with Gasteiger partial charge in [-0.05, 0) is 42.4 Å². The van der Waals surface area contributed by atoms with E-state index in [2.05, 4.69) is 41.7 Å². The van der Waals surface area contributed by atoms with Crippen LogP contribution in [-0.2, 0) is 19.4 Å². The molecule has 0 aliphatic heterocycles. The molecule has 2 aromatic rings. The lowest BCUT2D eigenvalue weighted by Gasteiger charge is -2.34. The summed E-state index contributed by atoms with van der Waals surface area (Å²) in [6, 6.07) is 6.17. The molecule has 3 rings (SSSR count). The Morgan fingerprint density at radius 1 is 1.40 bits per heavy atom. The minimum absolute atomic E-state index is 0.177. The third kappa shape index (κ3) is 2.63. The van der Waals surface area contributed by atoms with Gasteiger partial charge in [-0.3, -0.25) is 4.98 Å². The number of aliphatic hydroxyl groups is 1. The second-order valence-electron chi connectivity index (χ2n) is 6.58. The molecule has 1 atom stereocenters. The summed E-state index contributed by atoms with van der Waals surface area (Å²) < 4.78 is 2.30. The molecule has 0 spiro atoms. The highest BCUT2D eigenvalue weighted by Gasteiger charge is 2.32. The van der Waals surface area contributed by atoms with Crippen molar-refractivity contribution in [1.82, 2.24) is 9.55 Å². The SMILES string of the molecule is CC1(C)Cc2c(ccn2CCc2cccnc2)C(O)C1. The third-order valence-electron chi connectivity index (χ3n) is 4.23. The first-order valence-electron chi connectivity index (χ1n) is 7.30. The molecule has 0 saturated carbocycles. The minimum atomic E-state index is -0.312. The summed E-state index contributed by atoms with van der Waals surface area (Å²) in [7, 11) is 0. The lowest BCUT2D eigenvalue weighted by atomic mass is 9.75. The van der Waals surface area contributed by atoms with Crippen molar-refractivity contribution in [3.63, 3.8) is 0 Å². The molecule has 0 radical (unpaired) electrons. The Labute approximate surface area is 120 Å². The smallest absolute Gasteiger partial charge is 0.0812 e. The van der Waals surface area contributed by atoms with Crippen LogP contribution in [-0.4, -0.2) is 14.7 Å². The second kappa shape index (κ2) is 5.06. The number of hydrogen-bond donors (Lipinski definition) is 1. The summed E-state index contributed by atoms with van der Waals surface area (Å²) in [5.74, 6) is 0. The zero-order valence-corrected chi connectivity index (χ0v) is 12.2. The first-order valence-corrected chi connectivity index (χ1v) is 7.30. The van der Waals surface area contributed by atoms with Gasteiger partial charge in [-0.1, -0.05) is 19.9 Å². The van der Waals surface area contributed by atoms with Crippen molar-refractivity contribution in [2.45, 2.75) is 45.8 Å². The number of fused-ring (bicyclic) bond motifs is 1. The van der Waals surface area contributed by atoms with Crippen LogP contribution >= 0.6 is 0 Å². The largest absolute Gasteiger partial charge is 0.388 e. The van der Waals surface area contributed by atoms with Gasteiger partial charge in [0.25, 0.3) is 0 Å². The molecule has 20 heavy (non-hydrogen) atoms. The fraction of sp³-hybridized carbons (Fsp3) is 0.471. The van der Waals surface area contributed by atoms with Crippen molar-refractivity contribution in [1.29, 1.82) is 0 Å². The van der Waals surface area contributed by atoms with Gasteiger partial charge in [-0.25, -0.2) is 0 Å². The number of aromatic nitrogens is 2. The van der Waals surface area contributed by atoms with E-state index in [1.54, 1.807) is 6.20 Å². The lowest BCUT2D eigenvalue weighted by molar-refractivity contribution is 0.0979. The van der Waals surface area contributed by atoms with Gasteiger partial charge in [-0.2, -0.15) is 0 Å². The molecule has 0 saturated heterocycles. The van der Waals surface area contributed by atoms with E-state index in [0.29, 0.717) is 0 Å². The molecule has 1 aliphatic carbocycles. The normalized spacial score (nSPS) is 20.6. The molecule has 1 aliphatic rings. The predicted molar refractivity (Wildman–Crippen MR) is 79.4 cm³/mol. The van der Waals surface area contributed by atoms with Gasteiger partial charge in [-0.15, -0.1) is 0 Å². The number of rotatable bonds is 3. The molecule has 0 bridgehead atoms. The standard InChI is InChI=1S/C17H22N2O/c1-17(2)10-15-14(16(20)11-17)6-9-19(15)8-5-13-4-3-7-18-12-13/h3-4,6-7,9,12,16,20H,5,8,10-11H2,1-2H3. The van der Waals surface area contributed by atoms with E-state index in [1.807, 2.05) is 12.3 Å². The average Bonchev–Trinajstić information content (AvgIpc) is 2.79. The summed E-state index contributed by atoms with van der Waals surface area (Å²) in [6.45, 7) is 5.42. The molecule has 3 heteroatoms. The Bertz CT molecular complexity index is 586. The van der Waals surface area contributed by atoms with Crippen LogP contribution in [0.4, 0.5) is 0 Å². The summed E-state index contributed by atoms with van der Waals surface area (Å²) in [6.07, 6.45) is 8.41. The fourth-order valence-corrected chi connectivity index (χ4v) is 3.19. The van der Waals surface area contributed by atoms with Crippen LogP contribution in [0.2, 0.25) is 0 Å². The average molecular weight is 270 g/mol. The molecule has 1 N–H and O–H groups in total. The van der Waals surface area contributed by atoms with Crippen LogP contribution < -0.4 is 0 Å². The quantitative estimate of drug-likeness (QED) is 0.930. The van der Waals surface area contributed by atoms with Crippen molar-refractivity contribution >= 4 is 0 Å². The lowest BCUT2D eigenvalue weighted by Crippen LogP contribution is -2.27. The van der Waals surface area contributed by atoms with Gasteiger partial charge in [0, 0.05) is 36.4 Å². The maximum Gasteiger partial charge on any atom is 0.0812 e. The number of nitrogens with zero attached hydrogens (tertiary/aromatic N) is 2. The monoisotopic (exact) mass is 270 g/mol. The third-order valence-corrected chi connectivity index (χ3v) is 4.23. The molecular weight excluding hydrogens is 248 g/mol. The number of hydrogen-bond acceptors (Lipinski definition) is 2. The van der Waals surface area contributed by atoms with Crippen molar-refractivity contribution in [2.75, 3.05) is 0 Å². The summed E-state index contributed by atoms with van der Waals surface area (Å²) in [5, 5.41) is 10.3.